The summed E-state index contributed by atoms with van der Waals surface area (Å²) in [4.78, 5) is 24.7. The fourth-order valence-electron chi connectivity index (χ4n) is 2.26. The highest BCUT2D eigenvalue weighted by atomic mass is 35.5. The van der Waals surface area contributed by atoms with Crippen molar-refractivity contribution in [3.05, 3.63) is 65.7 Å². The Bertz CT molecular complexity index is 733. The second kappa shape index (κ2) is 9.44. The Morgan fingerprint density at radius 1 is 1.00 bits per heavy atom. The van der Waals surface area contributed by atoms with Crippen molar-refractivity contribution in [2.45, 2.75) is 19.4 Å². The number of aliphatic carboxylic acids is 1. The first kappa shape index (κ1) is 20.2. The Morgan fingerprint density at radius 3 is 2.12 bits per heavy atom. The van der Waals surface area contributed by atoms with Crippen LogP contribution in [-0.2, 0) is 16.1 Å². The van der Waals surface area contributed by atoms with Gasteiger partial charge in [-0.2, -0.15) is 0 Å². The van der Waals surface area contributed by atoms with Gasteiger partial charge < -0.3 is 15.7 Å². The van der Waals surface area contributed by atoms with Gasteiger partial charge in [0.2, 0.25) is 5.91 Å². The number of anilines is 1. The standard InChI is InChI=1S/C18H19N3O3.ClH/c19-18(20)14-6-8-15(9-7-14)21(16(22)10-11-17(23)24)12-13-4-2-1-3-5-13;/h1-9H,10-12H2,(H3,19,20)(H,23,24);1H. The molecule has 7 heteroatoms. The van der Waals surface area contributed by atoms with Crippen LogP contribution in [0.5, 0.6) is 0 Å². The molecule has 2 rings (SSSR count). The molecule has 0 aliphatic carbocycles. The third-order valence-corrected chi connectivity index (χ3v) is 3.53. The van der Waals surface area contributed by atoms with E-state index in [1.54, 1.807) is 29.2 Å². The number of carbonyl (C=O) groups is 2. The van der Waals surface area contributed by atoms with Gasteiger partial charge >= 0.3 is 5.97 Å². The first-order valence-electron chi connectivity index (χ1n) is 7.48. The molecule has 0 radical (unpaired) electrons. The topological polar surface area (TPSA) is 107 Å². The molecule has 132 valence electrons. The van der Waals surface area contributed by atoms with Crippen molar-refractivity contribution in [3.63, 3.8) is 0 Å². The first-order chi connectivity index (χ1) is 11.5. The lowest BCUT2D eigenvalue weighted by Gasteiger charge is -2.23. The van der Waals surface area contributed by atoms with Gasteiger partial charge in [0.15, 0.2) is 0 Å². The molecule has 0 bridgehead atoms. The van der Waals surface area contributed by atoms with Crippen molar-refractivity contribution in [1.29, 1.82) is 5.41 Å². The summed E-state index contributed by atoms with van der Waals surface area (Å²) in [5.41, 5.74) is 7.59. The molecule has 1 amide bonds. The second-order valence-corrected chi connectivity index (χ2v) is 5.32. The van der Waals surface area contributed by atoms with Crippen LogP contribution in [-0.4, -0.2) is 22.8 Å². The van der Waals surface area contributed by atoms with Gasteiger partial charge in [0.25, 0.3) is 0 Å². The van der Waals surface area contributed by atoms with Crippen LogP contribution in [0.3, 0.4) is 0 Å². The van der Waals surface area contributed by atoms with Crippen LogP contribution in [0.25, 0.3) is 0 Å². The van der Waals surface area contributed by atoms with Crippen LogP contribution >= 0.6 is 12.4 Å². The predicted molar refractivity (Wildman–Crippen MR) is 99.2 cm³/mol. The van der Waals surface area contributed by atoms with E-state index < -0.39 is 5.97 Å². The summed E-state index contributed by atoms with van der Waals surface area (Å²) < 4.78 is 0. The number of amides is 1. The first-order valence-corrected chi connectivity index (χ1v) is 7.48. The van der Waals surface area contributed by atoms with Crippen LogP contribution < -0.4 is 10.6 Å². The molecule has 0 aromatic heterocycles. The predicted octanol–water partition coefficient (Wildman–Crippen LogP) is 2.79. The van der Waals surface area contributed by atoms with Crippen molar-refractivity contribution in [2.75, 3.05) is 4.90 Å². The lowest BCUT2D eigenvalue weighted by Crippen LogP contribution is -2.30. The monoisotopic (exact) mass is 361 g/mol. The minimum absolute atomic E-state index is 0. The maximum atomic E-state index is 12.5. The minimum Gasteiger partial charge on any atom is -0.481 e. The summed E-state index contributed by atoms with van der Waals surface area (Å²) in [6.45, 7) is 0.346. The normalized spacial score (nSPS) is 9.76. The number of nitrogens with two attached hydrogens (primary N) is 1. The molecule has 0 atom stereocenters. The van der Waals surface area contributed by atoms with Crippen LogP contribution in [0.15, 0.2) is 54.6 Å². The third-order valence-electron chi connectivity index (χ3n) is 3.53. The summed E-state index contributed by atoms with van der Waals surface area (Å²) in [5.74, 6) is -1.32. The molecule has 25 heavy (non-hydrogen) atoms. The Balaban J connectivity index is 0.00000312. The lowest BCUT2D eigenvalue weighted by molar-refractivity contribution is -0.138. The van der Waals surface area contributed by atoms with Gasteiger partial charge in [0.05, 0.1) is 13.0 Å². The van der Waals surface area contributed by atoms with Crippen molar-refractivity contribution < 1.29 is 14.7 Å². The van der Waals surface area contributed by atoms with E-state index in [0.717, 1.165) is 5.56 Å². The fraction of sp³-hybridized carbons (Fsp3) is 0.167. The number of benzene rings is 2. The highest BCUT2D eigenvalue weighted by Gasteiger charge is 2.17. The van der Waals surface area contributed by atoms with E-state index in [1.165, 1.54) is 0 Å². The average Bonchev–Trinajstić information content (AvgIpc) is 2.58. The average molecular weight is 362 g/mol. The second-order valence-electron chi connectivity index (χ2n) is 5.32. The molecule has 0 fully saturated rings. The van der Waals surface area contributed by atoms with Crippen LogP contribution in [0.2, 0.25) is 0 Å². The number of carbonyl (C=O) groups excluding carboxylic acids is 1. The molecule has 0 heterocycles. The van der Waals surface area contributed by atoms with Gasteiger partial charge in [-0.05, 0) is 29.8 Å². The number of amidine groups is 1. The highest BCUT2D eigenvalue weighted by molar-refractivity contribution is 5.97. The number of nitrogen functional groups attached to an aromatic ring is 1. The van der Waals surface area contributed by atoms with Crippen molar-refractivity contribution in [2.24, 2.45) is 5.73 Å². The zero-order valence-electron chi connectivity index (χ0n) is 13.5. The van der Waals surface area contributed by atoms with E-state index in [-0.39, 0.29) is 37.0 Å². The number of hydrogen-bond acceptors (Lipinski definition) is 3. The maximum Gasteiger partial charge on any atom is 0.303 e. The molecular weight excluding hydrogens is 342 g/mol. The van der Waals surface area contributed by atoms with Crippen molar-refractivity contribution in [3.8, 4) is 0 Å². The molecule has 2 aromatic carbocycles. The SMILES string of the molecule is Cl.N=C(N)c1ccc(N(Cc2ccccc2)C(=O)CCC(=O)O)cc1. The Hall–Kier alpha value is -2.86. The molecule has 0 aliphatic heterocycles. The Kier molecular flexibility index (Phi) is 7.62. The largest absolute Gasteiger partial charge is 0.481 e. The Labute approximate surface area is 152 Å². The van der Waals surface area contributed by atoms with E-state index in [4.69, 9.17) is 16.2 Å². The highest BCUT2D eigenvalue weighted by Crippen LogP contribution is 2.20. The molecule has 6 nitrogen and oxygen atoms in total. The summed E-state index contributed by atoms with van der Waals surface area (Å²) >= 11 is 0. The fourth-order valence-corrected chi connectivity index (χ4v) is 2.26. The number of rotatable bonds is 7. The summed E-state index contributed by atoms with van der Waals surface area (Å²) in [6, 6.07) is 16.2. The van der Waals surface area contributed by atoms with Gasteiger partial charge in [-0.3, -0.25) is 15.0 Å². The number of nitrogens with one attached hydrogen (secondary N) is 1. The van der Waals surface area contributed by atoms with E-state index >= 15 is 0 Å². The van der Waals surface area contributed by atoms with Gasteiger partial charge in [0, 0.05) is 17.7 Å². The summed E-state index contributed by atoms with van der Waals surface area (Å²) in [5, 5.41) is 16.2. The van der Waals surface area contributed by atoms with Crippen LogP contribution in [0, 0.1) is 5.41 Å². The number of halogens is 1. The number of nitrogens with zero attached hydrogens (tertiary/aromatic N) is 1. The van der Waals surface area contributed by atoms with Gasteiger partial charge in [-0.25, -0.2) is 0 Å². The van der Waals surface area contributed by atoms with Crippen molar-refractivity contribution >= 4 is 35.8 Å². The smallest absolute Gasteiger partial charge is 0.303 e. The van der Waals surface area contributed by atoms with E-state index in [2.05, 4.69) is 0 Å². The van der Waals surface area contributed by atoms with Gasteiger partial charge in [-0.15, -0.1) is 12.4 Å². The molecule has 4 N–H and O–H groups in total. The van der Waals surface area contributed by atoms with Crippen LogP contribution in [0.4, 0.5) is 5.69 Å². The number of hydrogen-bond donors (Lipinski definition) is 3. The molecule has 2 aromatic rings. The molecule has 0 saturated heterocycles. The zero-order chi connectivity index (χ0) is 17.5. The molecule has 0 saturated carbocycles. The summed E-state index contributed by atoms with van der Waals surface area (Å²) in [7, 11) is 0. The number of carboxylic acid groups (broad SMARTS) is 1. The van der Waals surface area contributed by atoms with E-state index in [9.17, 15) is 9.59 Å². The molecular formula is C18H20ClN3O3. The van der Waals surface area contributed by atoms with E-state index in [1.807, 2.05) is 30.3 Å². The quantitative estimate of drug-likeness (QED) is 0.520. The molecule has 0 spiro atoms. The van der Waals surface area contributed by atoms with Gasteiger partial charge in [-0.1, -0.05) is 30.3 Å². The third kappa shape index (κ3) is 5.93. The number of carboxylic acids is 1. The minimum atomic E-state index is -1.00. The Morgan fingerprint density at radius 2 is 1.60 bits per heavy atom. The summed E-state index contributed by atoms with van der Waals surface area (Å²) in [6.07, 6.45) is -0.285. The lowest BCUT2D eigenvalue weighted by atomic mass is 10.1. The van der Waals surface area contributed by atoms with Crippen molar-refractivity contribution in [1.82, 2.24) is 0 Å². The maximum absolute atomic E-state index is 12.5. The zero-order valence-corrected chi connectivity index (χ0v) is 14.3. The van der Waals surface area contributed by atoms with Gasteiger partial charge in [0.1, 0.15) is 5.84 Å². The molecule has 0 aliphatic rings. The van der Waals surface area contributed by atoms with E-state index in [0.29, 0.717) is 17.8 Å². The molecule has 0 unspecified atom stereocenters. The van der Waals surface area contributed by atoms with Crippen LogP contribution in [0.1, 0.15) is 24.0 Å².